The van der Waals surface area contributed by atoms with Crippen LogP contribution in [-0.2, 0) is 28.8 Å². The van der Waals surface area contributed by atoms with E-state index in [4.69, 9.17) is 4.55 Å². The Hall–Kier alpha value is -1.57. The van der Waals surface area contributed by atoms with E-state index in [0.717, 1.165) is 45.8 Å². The Bertz CT molecular complexity index is 796. The van der Waals surface area contributed by atoms with E-state index >= 15 is 0 Å². The maximum absolute atomic E-state index is 11.0. The number of aromatic nitrogens is 2. The van der Waals surface area contributed by atoms with Crippen molar-refractivity contribution in [3.8, 4) is 0 Å². The van der Waals surface area contributed by atoms with Gasteiger partial charge >= 0.3 is 0 Å². The average Bonchev–Trinajstić information content (AvgIpc) is 2.82. The molecule has 7 heteroatoms. The second-order valence-corrected chi connectivity index (χ2v) is 7.48. The minimum atomic E-state index is -4.14. The number of benzene rings is 1. The molecule has 0 saturated heterocycles. The molecular weight excluding hydrogens is 320 g/mol. The first-order chi connectivity index (χ1) is 10.5. The van der Waals surface area contributed by atoms with Crippen LogP contribution in [-0.4, -0.2) is 28.5 Å². The molecule has 5 nitrogen and oxygen atoms in total. The topological polar surface area (TPSA) is 72.2 Å². The van der Waals surface area contributed by atoms with Gasteiger partial charge in [-0.15, -0.1) is 0 Å². The van der Waals surface area contributed by atoms with Gasteiger partial charge in [-0.2, -0.15) is 25.3 Å². The highest BCUT2D eigenvalue weighted by atomic mass is 32.2. The van der Waals surface area contributed by atoms with E-state index in [2.05, 4.69) is 5.10 Å². The van der Waals surface area contributed by atoms with E-state index in [1.54, 1.807) is 11.8 Å². The largest absolute Gasteiger partial charge is 0.287 e. The lowest BCUT2D eigenvalue weighted by molar-refractivity contribution is 0.494. The lowest BCUT2D eigenvalue weighted by Crippen LogP contribution is -2.04. The molecule has 0 radical (unpaired) electrons. The van der Waals surface area contributed by atoms with E-state index in [9.17, 15) is 8.42 Å². The Balaban J connectivity index is 2.01. The van der Waals surface area contributed by atoms with Gasteiger partial charge in [0.2, 0.25) is 0 Å². The highest BCUT2D eigenvalue weighted by molar-refractivity contribution is 7.98. The molecule has 1 aliphatic heterocycles. The molecule has 0 atom stereocenters. The molecule has 0 spiro atoms. The predicted molar refractivity (Wildman–Crippen MR) is 88.2 cm³/mol. The van der Waals surface area contributed by atoms with Gasteiger partial charge in [-0.3, -0.25) is 9.23 Å². The standard InChI is InChI=1S/C15H16N2O3S2/c18-22(19,20)9-7-15-13-11-21-8-6-14(13)16-17(15)10-12-4-2-1-3-5-12/h1-5,7,9H,6,8,10-11H2,(H,18,19,20)/b9-7+. The molecule has 0 amide bonds. The monoisotopic (exact) mass is 336 g/mol. The summed E-state index contributed by atoms with van der Waals surface area (Å²) in [6, 6.07) is 9.88. The zero-order chi connectivity index (χ0) is 15.6. The number of hydrogen-bond donors (Lipinski definition) is 1. The van der Waals surface area contributed by atoms with Gasteiger partial charge in [0.25, 0.3) is 10.1 Å². The molecule has 2 heterocycles. The fourth-order valence-electron chi connectivity index (χ4n) is 2.48. The van der Waals surface area contributed by atoms with Crippen LogP contribution in [0.15, 0.2) is 35.7 Å². The maximum atomic E-state index is 11.0. The second kappa shape index (κ2) is 6.28. The van der Waals surface area contributed by atoms with Gasteiger partial charge in [-0.1, -0.05) is 30.3 Å². The van der Waals surface area contributed by atoms with Gasteiger partial charge in [-0.25, -0.2) is 0 Å². The second-order valence-electron chi connectivity index (χ2n) is 5.07. The molecule has 3 rings (SSSR count). The van der Waals surface area contributed by atoms with E-state index in [1.807, 2.05) is 35.0 Å². The van der Waals surface area contributed by atoms with Gasteiger partial charge in [0.15, 0.2) is 0 Å². The first-order valence-electron chi connectivity index (χ1n) is 6.89. The molecule has 2 aromatic rings. The molecular formula is C15H16N2O3S2. The third kappa shape index (κ3) is 3.60. The van der Waals surface area contributed by atoms with E-state index in [0.29, 0.717) is 6.54 Å². The van der Waals surface area contributed by atoms with Gasteiger partial charge < -0.3 is 0 Å². The normalized spacial score (nSPS) is 15.1. The smallest absolute Gasteiger partial charge is 0.282 e. The third-order valence-electron chi connectivity index (χ3n) is 3.48. The number of rotatable bonds is 4. The zero-order valence-electron chi connectivity index (χ0n) is 11.8. The SMILES string of the molecule is O=S(=O)(O)/C=C/c1c2c(nn1Cc1ccccc1)CCSC2. The number of nitrogens with zero attached hydrogens (tertiary/aromatic N) is 2. The molecule has 22 heavy (non-hydrogen) atoms. The molecule has 0 aliphatic carbocycles. The van der Waals surface area contributed by atoms with E-state index < -0.39 is 10.1 Å². The van der Waals surface area contributed by atoms with E-state index in [-0.39, 0.29) is 0 Å². The van der Waals surface area contributed by atoms with Gasteiger partial charge in [-0.05, 0) is 17.4 Å². The van der Waals surface area contributed by atoms with Crippen LogP contribution >= 0.6 is 11.8 Å². The maximum Gasteiger partial charge on any atom is 0.287 e. The van der Waals surface area contributed by atoms with Crippen molar-refractivity contribution in [2.45, 2.75) is 18.7 Å². The highest BCUT2D eigenvalue weighted by Crippen LogP contribution is 2.28. The Morgan fingerprint density at radius 1 is 1.32 bits per heavy atom. The van der Waals surface area contributed by atoms with Crippen molar-refractivity contribution in [2.24, 2.45) is 0 Å². The Morgan fingerprint density at radius 2 is 2.09 bits per heavy atom. The fraction of sp³-hybridized carbons (Fsp3) is 0.267. The summed E-state index contributed by atoms with van der Waals surface area (Å²) in [5.74, 6) is 1.84. The predicted octanol–water partition coefficient (Wildman–Crippen LogP) is 2.58. The molecule has 0 bridgehead atoms. The lowest BCUT2D eigenvalue weighted by Gasteiger charge is -2.09. The summed E-state index contributed by atoms with van der Waals surface area (Å²) in [6.45, 7) is 0.573. The van der Waals surface area contributed by atoms with Crippen molar-refractivity contribution in [1.82, 2.24) is 9.78 Å². The minimum absolute atomic E-state index is 0.573. The molecule has 1 N–H and O–H groups in total. The van der Waals surface area contributed by atoms with Crippen molar-refractivity contribution >= 4 is 28.0 Å². The van der Waals surface area contributed by atoms with Crippen LogP contribution in [0, 0.1) is 0 Å². The molecule has 1 aromatic carbocycles. The van der Waals surface area contributed by atoms with Crippen LogP contribution in [0.4, 0.5) is 0 Å². The van der Waals surface area contributed by atoms with Crippen LogP contribution in [0.1, 0.15) is 22.5 Å². The third-order valence-corrected chi connectivity index (χ3v) is 4.95. The first-order valence-corrected chi connectivity index (χ1v) is 9.54. The molecule has 116 valence electrons. The van der Waals surface area contributed by atoms with Crippen LogP contribution in [0.25, 0.3) is 6.08 Å². The number of fused-ring (bicyclic) bond motifs is 1. The lowest BCUT2D eigenvalue weighted by atomic mass is 10.1. The molecule has 1 aromatic heterocycles. The van der Waals surface area contributed by atoms with Crippen LogP contribution < -0.4 is 0 Å². The summed E-state index contributed by atoms with van der Waals surface area (Å²) < 4.78 is 32.8. The van der Waals surface area contributed by atoms with Crippen molar-refractivity contribution in [2.75, 3.05) is 5.75 Å². The number of hydrogen-bond acceptors (Lipinski definition) is 4. The van der Waals surface area contributed by atoms with Crippen molar-refractivity contribution in [3.05, 3.63) is 58.3 Å². The number of thioether (sulfide) groups is 1. The van der Waals surface area contributed by atoms with Crippen LogP contribution in [0.3, 0.4) is 0 Å². The number of aryl methyl sites for hydroxylation is 1. The summed E-state index contributed by atoms with van der Waals surface area (Å²) >= 11 is 1.81. The van der Waals surface area contributed by atoms with Gasteiger partial charge in [0, 0.05) is 17.7 Å². The van der Waals surface area contributed by atoms with Crippen molar-refractivity contribution < 1.29 is 13.0 Å². The molecule has 1 aliphatic rings. The zero-order valence-corrected chi connectivity index (χ0v) is 13.5. The fourth-order valence-corrected chi connectivity index (χ4v) is 3.78. The Kier molecular flexibility index (Phi) is 4.37. The Morgan fingerprint density at radius 3 is 2.82 bits per heavy atom. The minimum Gasteiger partial charge on any atom is -0.282 e. The molecule has 0 fully saturated rings. The average molecular weight is 336 g/mol. The molecule has 0 saturated carbocycles. The van der Waals surface area contributed by atoms with Crippen LogP contribution in [0.2, 0.25) is 0 Å². The summed E-state index contributed by atoms with van der Waals surface area (Å²) in [4.78, 5) is 0. The Labute approximate surface area is 133 Å². The molecule has 0 unspecified atom stereocenters. The van der Waals surface area contributed by atoms with Gasteiger partial charge in [0.1, 0.15) is 0 Å². The highest BCUT2D eigenvalue weighted by Gasteiger charge is 2.19. The van der Waals surface area contributed by atoms with Crippen molar-refractivity contribution in [3.63, 3.8) is 0 Å². The van der Waals surface area contributed by atoms with E-state index in [1.165, 1.54) is 6.08 Å². The summed E-state index contributed by atoms with van der Waals surface area (Å²) in [5, 5.41) is 5.45. The summed E-state index contributed by atoms with van der Waals surface area (Å²) in [7, 11) is -4.14. The van der Waals surface area contributed by atoms with Crippen LogP contribution in [0.5, 0.6) is 0 Å². The summed E-state index contributed by atoms with van der Waals surface area (Å²) in [6.07, 6.45) is 2.32. The van der Waals surface area contributed by atoms with Crippen molar-refractivity contribution in [1.29, 1.82) is 0 Å². The summed E-state index contributed by atoms with van der Waals surface area (Å²) in [5.41, 5.74) is 3.93. The first kappa shape index (κ1) is 15.3. The van der Waals surface area contributed by atoms with Gasteiger partial charge in [0.05, 0.1) is 23.3 Å². The quantitative estimate of drug-likeness (QED) is 0.869.